The quantitative estimate of drug-likeness (QED) is 0.223. The molecule has 0 saturated carbocycles. The Hall–Kier alpha value is -2.97. The van der Waals surface area contributed by atoms with Crippen molar-refractivity contribution in [2.45, 2.75) is 0 Å². The van der Waals surface area contributed by atoms with Gasteiger partial charge in [-0.15, -0.1) is 0 Å². The van der Waals surface area contributed by atoms with Crippen LogP contribution in [0.25, 0.3) is 32.3 Å². The van der Waals surface area contributed by atoms with E-state index in [0.717, 1.165) is 42.4 Å². The van der Waals surface area contributed by atoms with Gasteiger partial charge in [-0.05, 0) is 54.3 Å². The van der Waals surface area contributed by atoms with Crippen LogP contribution in [0.3, 0.4) is 0 Å². The van der Waals surface area contributed by atoms with Crippen LogP contribution in [0.5, 0.6) is 0 Å². The first kappa shape index (κ1) is 16.2. The maximum absolute atomic E-state index is 13.6. The van der Waals surface area contributed by atoms with Gasteiger partial charge >= 0.3 is 0 Å². The fraction of sp³-hybridized carbons (Fsp3) is 0. The van der Waals surface area contributed by atoms with Crippen molar-refractivity contribution >= 4 is 54.0 Å². The molecule has 0 fully saturated rings. The summed E-state index contributed by atoms with van der Waals surface area (Å²) in [6, 6.07) is 30.2. The van der Waals surface area contributed by atoms with Gasteiger partial charge in [0.25, 0.3) is 0 Å². The lowest BCUT2D eigenvalue weighted by atomic mass is 9.91. The van der Waals surface area contributed by atoms with Crippen molar-refractivity contribution in [1.29, 1.82) is 0 Å². The molecule has 5 aromatic carbocycles. The minimum atomic E-state index is 0.0562. The molecule has 0 aliphatic heterocycles. The van der Waals surface area contributed by atoms with E-state index in [2.05, 4.69) is 34.1 Å². The molecule has 0 spiro atoms. The molecule has 5 rings (SSSR count). The number of halogens is 1. The smallest absolute Gasteiger partial charge is 0.194 e. The van der Waals surface area contributed by atoms with Crippen LogP contribution in [0.2, 0.25) is 0 Å². The Morgan fingerprint density at radius 2 is 1.11 bits per heavy atom. The monoisotopic (exact) mass is 410 g/mol. The van der Waals surface area contributed by atoms with Crippen molar-refractivity contribution in [2.75, 3.05) is 0 Å². The number of hydrogen-bond acceptors (Lipinski definition) is 1. The second-order valence-electron chi connectivity index (χ2n) is 6.67. The number of hydrogen-bond donors (Lipinski definition) is 0. The second kappa shape index (κ2) is 6.33. The lowest BCUT2D eigenvalue weighted by Gasteiger charge is -2.13. The van der Waals surface area contributed by atoms with E-state index in [1.807, 2.05) is 72.8 Å². The van der Waals surface area contributed by atoms with E-state index in [-0.39, 0.29) is 5.78 Å². The van der Waals surface area contributed by atoms with Crippen LogP contribution < -0.4 is 0 Å². The normalized spacial score (nSPS) is 11.3. The fourth-order valence-electron chi connectivity index (χ4n) is 3.79. The van der Waals surface area contributed by atoms with Crippen molar-refractivity contribution in [1.82, 2.24) is 0 Å². The lowest BCUT2D eigenvalue weighted by Crippen LogP contribution is -2.04. The molecule has 128 valence electrons. The minimum absolute atomic E-state index is 0.0562. The summed E-state index contributed by atoms with van der Waals surface area (Å²) in [4.78, 5) is 13.6. The fourth-order valence-corrected chi connectivity index (χ4v) is 4.49. The number of benzene rings is 5. The highest BCUT2D eigenvalue weighted by Gasteiger charge is 2.19. The van der Waals surface area contributed by atoms with Gasteiger partial charge in [0.15, 0.2) is 5.78 Å². The summed E-state index contributed by atoms with van der Waals surface area (Å²) in [5.74, 6) is 0.0562. The Balaban J connectivity index is 1.84. The molecule has 0 amide bonds. The first-order valence-corrected chi connectivity index (χ1v) is 9.66. The first-order chi connectivity index (χ1) is 13.2. The van der Waals surface area contributed by atoms with E-state index in [4.69, 9.17) is 0 Å². The zero-order valence-corrected chi connectivity index (χ0v) is 16.0. The largest absolute Gasteiger partial charge is 0.289 e. The van der Waals surface area contributed by atoms with Crippen LogP contribution in [0.4, 0.5) is 0 Å². The summed E-state index contributed by atoms with van der Waals surface area (Å²) < 4.78 is 1.03. The highest BCUT2D eigenvalue weighted by atomic mass is 79.9. The second-order valence-corrected chi connectivity index (χ2v) is 7.46. The summed E-state index contributed by atoms with van der Waals surface area (Å²) in [7, 11) is 0. The predicted molar refractivity (Wildman–Crippen MR) is 117 cm³/mol. The van der Waals surface area contributed by atoms with E-state index in [0.29, 0.717) is 5.56 Å². The molecule has 0 unspecified atom stereocenters. The Morgan fingerprint density at radius 1 is 0.593 bits per heavy atom. The van der Waals surface area contributed by atoms with E-state index in [9.17, 15) is 4.79 Å². The first-order valence-electron chi connectivity index (χ1n) is 8.86. The Kier molecular flexibility index (Phi) is 3.80. The third-order valence-corrected chi connectivity index (χ3v) is 5.96. The maximum Gasteiger partial charge on any atom is 0.194 e. The van der Waals surface area contributed by atoms with Crippen molar-refractivity contribution in [2.24, 2.45) is 0 Å². The third kappa shape index (κ3) is 2.56. The van der Waals surface area contributed by atoms with Crippen LogP contribution in [0.1, 0.15) is 15.9 Å². The summed E-state index contributed by atoms with van der Waals surface area (Å²) >= 11 is 3.74. The van der Waals surface area contributed by atoms with Gasteiger partial charge in [0.2, 0.25) is 0 Å². The molecule has 0 aliphatic carbocycles. The molecule has 0 bridgehead atoms. The summed E-state index contributed by atoms with van der Waals surface area (Å²) in [5.41, 5.74) is 1.48. The van der Waals surface area contributed by atoms with Crippen LogP contribution >= 0.6 is 15.9 Å². The van der Waals surface area contributed by atoms with Crippen molar-refractivity contribution < 1.29 is 4.79 Å². The van der Waals surface area contributed by atoms with Crippen molar-refractivity contribution in [3.8, 4) is 0 Å². The van der Waals surface area contributed by atoms with E-state index >= 15 is 0 Å². The highest BCUT2D eigenvalue weighted by molar-refractivity contribution is 9.10. The van der Waals surface area contributed by atoms with Gasteiger partial charge in [-0.1, -0.05) is 84.9 Å². The summed E-state index contributed by atoms with van der Waals surface area (Å²) in [5, 5.41) is 6.27. The molecule has 0 aromatic heterocycles. The molecule has 0 aliphatic rings. The third-order valence-electron chi connectivity index (χ3n) is 5.10. The van der Waals surface area contributed by atoms with Gasteiger partial charge in [0, 0.05) is 15.6 Å². The van der Waals surface area contributed by atoms with Gasteiger partial charge in [-0.25, -0.2) is 0 Å². The van der Waals surface area contributed by atoms with E-state index in [1.54, 1.807) is 0 Å². The highest BCUT2D eigenvalue weighted by Crippen LogP contribution is 2.37. The van der Waals surface area contributed by atoms with Crippen molar-refractivity contribution in [3.05, 3.63) is 107 Å². The Labute approximate surface area is 165 Å². The Morgan fingerprint density at radius 3 is 1.74 bits per heavy atom. The molecule has 0 saturated heterocycles. The molecule has 0 atom stereocenters. The van der Waals surface area contributed by atoms with Crippen LogP contribution in [-0.2, 0) is 0 Å². The number of carbonyl (C=O) groups is 1. The average molecular weight is 411 g/mol. The van der Waals surface area contributed by atoms with E-state index in [1.165, 1.54) is 0 Å². The van der Waals surface area contributed by atoms with Gasteiger partial charge < -0.3 is 0 Å². The molecule has 27 heavy (non-hydrogen) atoms. The van der Waals surface area contributed by atoms with Crippen LogP contribution in [0.15, 0.2) is 95.5 Å². The number of fused-ring (bicyclic) bond motifs is 3. The zero-order chi connectivity index (χ0) is 18.4. The molecular weight excluding hydrogens is 396 g/mol. The number of rotatable bonds is 2. The van der Waals surface area contributed by atoms with Gasteiger partial charge in [-0.3, -0.25) is 4.79 Å². The van der Waals surface area contributed by atoms with Gasteiger partial charge in [0.1, 0.15) is 0 Å². The van der Waals surface area contributed by atoms with Gasteiger partial charge in [0.05, 0.1) is 0 Å². The maximum atomic E-state index is 13.6. The SMILES string of the molecule is O=C(c1ccc2ccccc2c1)c1c2ccccc2c(Br)c2ccccc12. The minimum Gasteiger partial charge on any atom is -0.289 e. The number of ketones is 1. The molecule has 0 heterocycles. The molecule has 0 N–H and O–H groups in total. The molecule has 0 radical (unpaired) electrons. The number of carbonyl (C=O) groups excluding carboxylic acids is 1. The lowest BCUT2D eigenvalue weighted by molar-refractivity contribution is 0.104. The average Bonchev–Trinajstić information content (AvgIpc) is 2.73. The van der Waals surface area contributed by atoms with Crippen LogP contribution in [-0.4, -0.2) is 5.78 Å². The molecule has 5 aromatic rings. The zero-order valence-electron chi connectivity index (χ0n) is 14.4. The van der Waals surface area contributed by atoms with E-state index < -0.39 is 0 Å². The topological polar surface area (TPSA) is 17.1 Å². The molecule has 1 nitrogen and oxygen atoms in total. The summed E-state index contributed by atoms with van der Waals surface area (Å²) in [6.45, 7) is 0. The van der Waals surface area contributed by atoms with Crippen molar-refractivity contribution in [3.63, 3.8) is 0 Å². The standard InChI is InChI=1S/C25H15BrO/c26-24-21-11-5-3-9-19(21)23(20-10-4-6-12-22(20)24)25(27)18-14-13-16-7-1-2-8-17(16)15-18/h1-15H. The van der Waals surface area contributed by atoms with Crippen LogP contribution in [0, 0.1) is 0 Å². The molecular formula is C25H15BrO. The molecule has 2 heteroatoms. The predicted octanol–water partition coefficient (Wildman–Crippen LogP) is 7.14. The Bertz CT molecular complexity index is 1290. The van der Waals surface area contributed by atoms with Gasteiger partial charge in [-0.2, -0.15) is 0 Å². The summed E-state index contributed by atoms with van der Waals surface area (Å²) in [6.07, 6.45) is 0.